The van der Waals surface area contributed by atoms with Gasteiger partial charge >= 0.3 is 12.1 Å². The second kappa shape index (κ2) is 11.5. The van der Waals surface area contributed by atoms with Crippen LogP contribution in [0.5, 0.6) is 0 Å². The lowest BCUT2D eigenvalue weighted by molar-refractivity contribution is -0.144. The van der Waals surface area contributed by atoms with E-state index in [0.29, 0.717) is 18.8 Å². The highest BCUT2D eigenvalue weighted by molar-refractivity contribution is 5.97. The van der Waals surface area contributed by atoms with Crippen molar-refractivity contribution < 1.29 is 24.2 Å². The number of aromatic nitrogens is 1. The first-order chi connectivity index (χ1) is 20.4. The summed E-state index contributed by atoms with van der Waals surface area (Å²) in [7, 11) is 0. The van der Waals surface area contributed by atoms with Crippen LogP contribution < -0.4 is 10.6 Å². The van der Waals surface area contributed by atoms with E-state index >= 15 is 0 Å². The predicted molar refractivity (Wildman–Crippen MR) is 157 cm³/mol. The van der Waals surface area contributed by atoms with Gasteiger partial charge in [-0.15, -0.1) is 0 Å². The molecule has 1 saturated heterocycles. The maximum Gasteiger partial charge on any atom is 0.411 e. The molecule has 212 valence electrons. The van der Waals surface area contributed by atoms with Crippen molar-refractivity contribution in [2.75, 3.05) is 25.0 Å². The Morgan fingerprint density at radius 1 is 0.905 bits per heavy atom. The highest BCUT2D eigenvalue weighted by Gasteiger charge is 2.46. The fourth-order valence-electron chi connectivity index (χ4n) is 5.83. The van der Waals surface area contributed by atoms with E-state index in [9.17, 15) is 19.5 Å². The number of pyridine rings is 1. The van der Waals surface area contributed by atoms with Crippen LogP contribution >= 0.6 is 0 Å². The van der Waals surface area contributed by atoms with Gasteiger partial charge in [-0.05, 0) is 46.4 Å². The molecule has 0 saturated carbocycles. The Balaban J connectivity index is 1.05. The van der Waals surface area contributed by atoms with Gasteiger partial charge in [-0.25, -0.2) is 14.6 Å². The summed E-state index contributed by atoms with van der Waals surface area (Å²) < 4.78 is 5.58. The SMILES string of the molecule is O=C(Nc1ccc(C(=O)NC2(C(=O)O)CCN(Cc3ccccc3)C2)nc1)OCC1c2ccccc2-c2ccccc21. The van der Waals surface area contributed by atoms with Crippen LogP contribution in [0.2, 0.25) is 0 Å². The van der Waals surface area contributed by atoms with Gasteiger partial charge in [-0.3, -0.25) is 15.0 Å². The van der Waals surface area contributed by atoms with E-state index in [1.807, 2.05) is 59.5 Å². The zero-order valence-electron chi connectivity index (χ0n) is 22.8. The number of rotatable bonds is 8. The summed E-state index contributed by atoms with van der Waals surface area (Å²) in [5, 5.41) is 15.3. The number of nitrogens with zero attached hydrogens (tertiary/aromatic N) is 2. The van der Waals surface area contributed by atoms with E-state index in [0.717, 1.165) is 27.8 Å². The van der Waals surface area contributed by atoms with Crippen molar-refractivity contribution in [2.45, 2.75) is 24.4 Å². The van der Waals surface area contributed by atoms with Crippen LogP contribution in [-0.4, -0.2) is 58.2 Å². The zero-order chi connectivity index (χ0) is 29.1. The van der Waals surface area contributed by atoms with Gasteiger partial charge in [0, 0.05) is 25.6 Å². The number of carbonyl (C=O) groups is 3. The lowest BCUT2D eigenvalue weighted by Gasteiger charge is -2.26. The third kappa shape index (κ3) is 5.46. The van der Waals surface area contributed by atoms with Crippen molar-refractivity contribution in [3.05, 3.63) is 120 Å². The maximum atomic E-state index is 13.0. The van der Waals surface area contributed by atoms with Gasteiger partial charge in [0.05, 0.1) is 11.9 Å². The molecule has 42 heavy (non-hydrogen) atoms. The molecule has 0 spiro atoms. The van der Waals surface area contributed by atoms with Crippen molar-refractivity contribution >= 4 is 23.7 Å². The van der Waals surface area contributed by atoms with Gasteiger partial charge in [-0.2, -0.15) is 0 Å². The maximum absolute atomic E-state index is 13.0. The number of likely N-dealkylation sites (tertiary alicyclic amines) is 1. The molecular formula is C33H30N4O5. The fraction of sp³-hybridized carbons (Fsp3) is 0.212. The summed E-state index contributed by atoms with van der Waals surface area (Å²) in [5.74, 6) is -1.74. The number of ether oxygens (including phenoxy) is 1. The lowest BCUT2D eigenvalue weighted by Crippen LogP contribution is -2.56. The first kappa shape index (κ1) is 27.2. The Morgan fingerprint density at radius 2 is 1.57 bits per heavy atom. The molecule has 0 bridgehead atoms. The Kier molecular flexibility index (Phi) is 7.41. The van der Waals surface area contributed by atoms with Crippen molar-refractivity contribution in [3.8, 4) is 11.1 Å². The number of nitrogens with one attached hydrogen (secondary N) is 2. The number of benzene rings is 3. The first-order valence-electron chi connectivity index (χ1n) is 13.8. The van der Waals surface area contributed by atoms with Crippen LogP contribution in [0.3, 0.4) is 0 Å². The molecule has 2 amide bonds. The van der Waals surface area contributed by atoms with Gasteiger partial charge in [-0.1, -0.05) is 78.9 Å². The van der Waals surface area contributed by atoms with E-state index in [1.54, 1.807) is 0 Å². The minimum atomic E-state index is -1.41. The van der Waals surface area contributed by atoms with E-state index in [-0.39, 0.29) is 31.2 Å². The Morgan fingerprint density at radius 3 is 2.21 bits per heavy atom. The standard InChI is InChI=1S/C33H30N4O5/c38-30(36-33(31(39)40)16-17-37(21-33)19-22-8-2-1-3-9-22)29-15-14-23(18-34-29)35-32(41)42-20-28-26-12-6-4-10-24(26)25-11-5-7-13-27(25)28/h1-15,18,28H,16-17,19-21H2,(H,35,41)(H,36,38)(H,39,40). The van der Waals surface area contributed by atoms with E-state index in [4.69, 9.17) is 4.74 Å². The van der Waals surface area contributed by atoms with Gasteiger partial charge in [0.2, 0.25) is 0 Å². The number of carboxylic acids is 1. The van der Waals surface area contributed by atoms with Crippen LogP contribution in [-0.2, 0) is 16.1 Å². The van der Waals surface area contributed by atoms with Crippen molar-refractivity contribution in [2.24, 2.45) is 0 Å². The molecule has 9 heteroatoms. The molecule has 1 fully saturated rings. The third-order valence-electron chi connectivity index (χ3n) is 7.95. The quantitative estimate of drug-likeness (QED) is 0.279. The Labute approximate surface area is 243 Å². The van der Waals surface area contributed by atoms with Gasteiger partial charge in [0.1, 0.15) is 12.3 Å². The number of aliphatic carboxylic acids is 1. The van der Waals surface area contributed by atoms with E-state index < -0.39 is 23.5 Å². The molecule has 1 unspecified atom stereocenters. The van der Waals surface area contributed by atoms with Crippen molar-refractivity contribution in [1.29, 1.82) is 0 Å². The molecule has 4 aromatic rings. The van der Waals surface area contributed by atoms with Gasteiger partial charge in [0.25, 0.3) is 5.91 Å². The normalized spacial score (nSPS) is 17.7. The number of hydrogen-bond donors (Lipinski definition) is 3. The monoisotopic (exact) mass is 562 g/mol. The summed E-state index contributed by atoms with van der Waals surface area (Å²) in [5.41, 5.74) is 4.60. The summed E-state index contributed by atoms with van der Waals surface area (Å²) in [6, 6.07) is 29.0. The number of anilines is 1. The molecule has 1 aliphatic heterocycles. The first-order valence-corrected chi connectivity index (χ1v) is 13.8. The molecule has 3 N–H and O–H groups in total. The van der Waals surface area contributed by atoms with Gasteiger partial charge in [0.15, 0.2) is 5.54 Å². The lowest BCUT2D eigenvalue weighted by atomic mass is 9.98. The van der Waals surface area contributed by atoms with Crippen molar-refractivity contribution in [1.82, 2.24) is 15.2 Å². The average Bonchev–Trinajstić information content (AvgIpc) is 3.56. The highest BCUT2D eigenvalue weighted by Crippen LogP contribution is 2.44. The topological polar surface area (TPSA) is 121 Å². The number of hydrogen-bond acceptors (Lipinski definition) is 6. The summed E-state index contributed by atoms with van der Waals surface area (Å²) in [4.78, 5) is 44.0. The number of amides is 2. The molecule has 3 aromatic carbocycles. The molecule has 0 radical (unpaired) electrons. The second-order valence-electron chi connectivity index (χ2n) is 10.7. The Hall–Kier alpha value is -5.02. The smallest absolute Gasteiger partial charge is 0.411 e. The van der Waals surface area contributed by atoms with Crippen LogP contribution in [0.25, 0.3) is 11.1 Å². The molecular weight excluding hydrogens is 532 g/mol. The van der Waals surface area contributed by atoms with Crippen LogP contribution in [0, 0.1) is 0 Å². The predicted octanol–water partition coefficient (Wildman–Crippen LogP) is 4.90. The molecule has 1 aliphatic carbocycles. The second-order valence-corrected chi connectivity index (χ2v) is 10.7. The molecule has 1 aromatic heterocycles. The molecule has 1 atom stereocenters. The number of carboxylic acid groups (broad SMARTS) is 1. The zero-order valence-corrected chi connectivity index (χ0v) is 22.8. The summed E-state index contributed by atoms with van der Waals surface area (Å²) in [6.07, 6.45) is 0.993. The minimum Gasteiger partial charge on any atom is -0.479 e. The fourth-order valence-corrected chi connectivity index (χ4v) is 5.83. The summed E-state index contributed by atoms with van der Waals surface area (Å²) >= 11 is 0. The molecule has 6 rings (SSSR count). The number of carbonyl (C=O) groups excluding carboxylic acids is 2. The molecule has 9 nitrogen and oxygen atoms in total. The number of fused-ring (bicyclic) bond motifs is 3. The largest absolute Gasteiger partial charge is 0.479 e. The van der Waals surface area contributed by atoms with Crippen LogP contribution in [0.15, 0.2) is 97.2 Å². The average molecular weight is 563 g/mol. The molecule has 2 aliphatic rings. The van der Waals surface area contributed by atoms with Crippen LogP contribution in [0.4, 0.5) is 10.5 Å². The van der Waals surface area contributed by atoms with Crippen molar-refractivity contribution in [3.63, 3.8) is 0 Å². The molecule has 2 heterocycles. The summed E-state index contributed by atoms with van der Waals surface area (Å²) in [6.45, 7) is 1.49. The van der Waals surface area contributed by atoms with Crippen LogP contribution in [0.1, 0.15) is 39.5 Å². The van der Waals surface area contributed by atoms with E-state index in [2.05, 4.69) is 39.9 Å². The van der Waals surface area contributed by atoms with Gasteiger partial charge < -0.3 is 15.2 Å². The third-order valence-corrected chi connectivity index (χ3v) is 7.95. The minimum absolute atomic E-state index is 0.0511. The van der Waals surface area contributed by atoms with E-state index in [1.165, 1.54) is 18.3 Å². The highest BCUT2D eigenvalue weighted by atomic mass is 16.5. The Bertz CT molecular complexity index is 1580.